The molecule has 0 aliphatic carbocycles. The molecule has 6 heteroatoms. The third-order valence-corrected chi connectivity index (χ3v) is 3.50. The lowest BCUT2D eigenvalue weighted by molar-refractivity contribution is -0.116. The number of ketones is 1. The van der Waals surface area contributed by atoms with Crippen LogP contribution in [0.3, 0.4) is 0 Å². The van der Waals surface area contributed by atoms with Gasteiger partial charge in [-0.3, -0.25) is 9.59 Å². The number of carbonyl (C=O) groups excluding carboxylic acids is 2. The van der Waals surface area contributed by atoms with Crippen LogP contribution in [0.25, 0.3) is 0 Å². The van der Waals surface area contributed by atoms with Crippen LogP contribution in [0, 0.1) is 0 Å². The molecule has 0 fully saturated rings. The molecule has 1 amide bonds. The van der Waals surface area contributed by atoms with Gasteiger partial charge < -0.3 is 10.1 Å². The Morgan fingerprint density at radius 1 is 1.21 bits per heavy atom. The molecule has 1 aromatic carbocycles. The molecule has 1 aromatic heterocycles. The van der Waals surface area contributed by atoms with Crippen molar-refractivity contribution in [3.8, 4) is 5.75 Å². The summed E-state index contributed by atoms with van der Waals surface area (Å²) in [5, 5.41) is 7.03. The fraction of sp³-hybridized carbons (Fsp3) is 0.389. The molecule has 0 aliphatic heterocycles. The van der Waals surface area contributed by atoms with Crippen molar-refractivity contribution in [3.63, 3.8) is 0 Å². The lowest BCUT2D eigenvalue weighted by Gasteiger charge is -2.09. The SMILES string of the molecule is CCCn1nccc1NC(=O)CCCOc1ccc(C(C)=O)cc1. The van der Waals surface area contributed by atoms with Crippen molar-refractivity contribution in [2.24, 2.45) is 0 Å². The summed E-state index contributed by atoms with van der Waals surface area (Å²) in [6.45, 7) is 4.82. The number of nitrogens with one attached hydrogen (secondary N) is 1. The lowest BCUT2D eigenvalue weighted by Crippen LogP contribution is -2.16. The van der Waals surface area contributed by atoms with Gasteiger partial charge >= 0.3 is 0 Å². The first kappa shape index (κ1) is 17.7. The molecule has 0 radical (unpaired) electrons. The summed E-state index contributed by atoms with van der Waals surface area (Å²) < 4.78 is 7.36. The van der Waals surface area contributed by atoms with Crippen molar-refractivity contribution in [2.75, 3.05) is 11.9 Å². The topological polar surface area (TPSA) is 73.2 Å². The van der Waals surface area contributed by atoms with Crippen LogP contribution in [0.15, 0.2) is 36.5 Å². The lowest BCUT2D eigenvalue weighted by atomic mass is 10.1. The van der Waals surface area contributed by atoms with Crippen LogP contribution in [0.5, 0.6) is 5.75 Å². The number of hydrogen-bond acceptors (Lipinski definition) is 4. The molecule has 2 rings (SSSR count). The molecule has 1 N–H and O–H groups in total. The molecule has 1 heterocycles. The molecular weight excluding hydrogens is 306 g/mol. The van der Waals surface area contributed by atoms with E-state index in [-0.39, 0.29) is 11.7 Å². The molecular formula is C18H23N3O3. The van der Waals surface area contributed by atoms with E-state index < -0.39 is 0 Å². The Morgan fingerprint density at radius 3 is 2.62 bits per heavy atom. The first-order valence-corrected chi connectivity index (χ1v) is 8.15. The zero-order valence-corrected chi connectivity index (χ0v) is 14.1. The Hall–Kier alpha value is -2.63. The maximum atomic E-state index is 12.0. The third-order valence-electron chi connectivity index (χ3n) is 3.50. The molecule has 6 nitrogen and oxygen atoms in total. The Balaban J connectivity index is 1.70. The summed E-state index contributed by atoms with van der Waals surface area (Å²) in [7, 11) is 0. The fourth-order valence-electron chi connectivity index (χ4n) is 2.24. The number of benzene rings is 1. The van der Waals surface area contributed by atoms with Crippen LogP contribution in [0.2, 0.25) is 0 Å². The van der Waals surface area contributed by atoms with E-state index in [1.54, 1.807) is 41.2 Å². The summed E-state index contributed by atoms with van der Waals surface area (Å²) in [5.41, 5.74) is 0.658. The predicted molar refractivity (Wildman–Crippen MR) is 92.3 cm³/mol. The average molecular weight is 329 g/mol. The maximum Gasteiger partial charge on any atom is 0.225 e. The summed E-state index contributed by atoms with van der Waals surface area (Å²) in [5.74, 6) is 1.40. The molecule has 0 bridgehead atoms. The molecule has 24 heavy (non-hydrogen) atoms. The van der Waals surface area contributed by atoms with Crippen LogP contribution in [0.4, 0.5) is 5.82 Å². The van der Waals surface area contributed by atoms with Gasteiger partial charge in [0.15, 0.2) is 5.78 Å². The predicted octanol–water partition coefficient (Wildman–Crippen LogP) is 3.29. The summed E-state index contributed by atoms with van der Waals surface area (Å²) in [4.78, 5) is 23.1. The number of ether oxygens (including phenoxy) is 1. The van der Waals surface area contributed by atoms with Gasteiger partial charge in [0.1, 0.15) is 11.6 Å². The van der Waals surface area contributed by atoms with Crippen LogP contribution in [-0.4, -0.2) is 28.1 Å². The van der Waals surface area contributed by atoms with Crippen molar-refractivity contribution in [1.29, 1.82) is 0 Å². The number of aromatic nitrogens is 2. The number of amides is 1. The van der Waals surface area contributed by atoms with E-state index >= 15 is 0 Å². The second-order valence-electron chi connectivity index (χ2n) is 5.52. The normalized spacial score (nSPS) is 10.4. The minimum atomic E-state index is -0.0524. The van der Waals surface area contributed by atoms with Crippen LogP contribution >= 0.6 is 0 Å². The van der Waals surface area contributed by atoms with Gasteiger partial charge in [-0.15, -0.1) is 0 Å². The molecule has 0 saturated heterocycles. The quantitative estimate of drug-likeness (QED) is 0.566. The van der Waals surface area contributed by atoms with Gasteiger partial charge in [0.25, 0.3) is 0 Å². The van der Waals surface area contributed by atoms with E-state index in [1.165, 1.54) is 6.92 Å². The van der Waals surface area contributed by atoms with Gasteiger partial charge in [-0.2, -0.15) is 5.10 Å². The summed E-state index contributed by atoms with van der Waals surface area (Å²) in [6.07, 6.45) is 3.63. The van der Waals surface area contributed by atoms with Crippen LogP contribution < -0.4 is 10.1 Å². The highest BCUT2D eigenvalue weighted by Crippen LogP contribution is 2.13. The summed E-state index contributed by atoms with van der Waals surface area (Å²) in [6, 6.07) is 8.79. The van der Waals surface area contributed by atoms with Gasteiger partial charge in [0.2, 0.25) is 5.91 Å². The van der Waals surface area contributed by atoms with Gasteiger partial charge in [0, 0.05) is 24.6 Å². The number of anilines is 1. The van der Waals surface area contributed by atoms with Crippen molar-refractivity contribution in [1.82, 2.24) is 9.78 Å². The second-order valence-corrected chi connectivity index (χ2v) is 5.52. The summed E-state index contributed by atoms with van der Waals surface area (Å²) >= 11 is 0. The van der Waals surface area contributed by atoms with Gasteiger partial charge in [0.05, 0.1) is 12.8 Å². The standard InChI is InChI=1S/C18H23N3O3/c1-3-12-21-17(10-11-19-21)20-18(23)5-4-13-24-16-8-6-15(7-9-16)14(2)22/h6-11H,3-5,12-13H2,1-2H3,(H,20,23). The average Bonchev–Trinajstić information content (AvgIpc) is 2.99. The van der Waals surface area contributed by atoms with E-state index in [0.717, 1.165) is 18.8 Å². The molecule has 0 unspecified atom stereocenters. The van der Waals surface area contributed by atoms with Crippen molar-refractivity contribution < 1.29 is 14.3 Å². The molecule has 0 saturated carbocycles. The van der Waals surface area contributed by atoms with Crippen molar-refractivity contribution in [2.45, 2.75) is 39.7 Å². The first-order valence-electron chi connectivity index (χ1n) is 8.15. The Labute approximate surface area is 141 Å². The van der Waals surface area contributed by atoms with E-state index in [1.807, 2.05) is 0 Å². The maximum absolute atomic E-state index is 12.0. The number of Topliss-reactive ketones (excluding diaryl/α,β-unsaturated/α-hetero) is 1. The monoisotopic (exact) mass is 329 g/mol. The minimum absolute atomic E-state index is 0.0283. The molecule has 2 aromatic rings. The van der Waals surface area contributed by atoms with Crippen molar-refractivity contribution >= 4 is 17.5 Å². The molecule has 0 spiro atoms. The van der Waals surface area contributed by atoms with Gasteiger partial charge in [-0.05, 0) is 44.0 Å². The Morgan fingerprint density at radius 2 is 1.96 bits per heavy atom. The highest BCUT2D eigenvalue weighted by molar-refractivity contribution is 5.94. The zero-order chi connectivity index (χ0) is 17.4. The number of hydrogen-bond donors (Lipinski definition) is 1. The molecule has 0 aliphatic rings. The highest BCUT2D eigenvalue weighted by Gasteiger charge is 2.07. The van der Waals surface area contributed by atoms with Gasteiger partial charge in [-0.1, -0.05) is 6.92 Å². The van der Waals surface area contributed by atoms with E-state index in [4.69, 9.17) is 4.74 Å². The number of carbonyl (C=O) groups is 2. The number of aryl methyl sites for hydroxylation is 1. The minimum Gasteiger partial charge on any atom is -0.494 e. The molecule has 128 valence electrons. The number of nitrogens with zero attached hydrogens (tertiary/aromatic N) is 2. The fourth-order valence-corrected chi connectivity index (χ4v) is 2.24. The van der Waals surface area contributed by atoms with Crippen LogP contribution in [-0.2, 0) is 11.3 Å². The third kappa shape index (κ3) is 5.22. The second kappa shape index (κ2) is 8.86. The highest BCUT2D eigenvalue weighted by atomic mass is 16.5. The van der Waals surface area contributed by atoms with E-state index in [2.05, 4.69) is 17.3 Å². The van der Waals surface area contributed by atoms with Gasteiger partial charge in [-0.25, -0.2) is 4.68 Å². The smallest absolute Gasteiger partial charge is 0.225 e. The molecule has 0 atom stereocenters. The van der Waals surface area contributed by atoms with Crippen molar-refractivity contribution in [3.05, 3.63) is 42.1 Å². The zero-order valence-electron chi connectivity index (χ0n) is 14.1. The Bertz CT molecular complexity index is 677. The van der Waals surface area contributed by atoms with E-state index in [9.17, 15) is 9.59 Å². The first-order chi connectivity index (χ1) is 11.6. The van der Waals surface area contributed by atoms with E-state index in [0.29, 0.717) is 30.8 Å². The largest absolute Gasteiger partial charge is 0.494 e. The number of rotatable bonds is 9. The van der Waals surface area contributed by atoms with Crippen LogP contribution in [0.1, 0.15) is 43.5 Å². The Kier molecular flexibility index (Phi) is 6.54.